The lowest BCUT2D eigenvalue weighted by atomic mass is 9.93. The quantitative estimate of drug-likeness (QED) is 0.162. The highest BCUT2D eigenvalue weighted by Gasteiger charge is 2.16. The summed E-state index contributed by atoms with van der Waals surface area (Å²) in [6, 6.07) is 72.8. The fraction of sp³-hybridized carbons (Fsp3) is 0. The summed E-state index contributed by atoms with van der Waals surface area (Å²) in [5, 5.41) is 8.70. The molecule has 11 rings (SSSR count). The average molecular weight is 716 g/mol. The molecule has 2 heteroatoms. The third-order valence-electron chi connectivity index (χ3n) is 11.0. The largest absolute Gasteiger partial charge is 0.247 e. The molecule has 0 unspecified atom stereocenters. The third-order valence-corrected chi connectivity index (χ3v) is 12.3. The highest BCUT2D eigenvalue weighted by atomic mass is 32.1. The zero-order valence-electron chi connectivity index (χ0n) is 29.9. The zero-order chi connectivity index (χ0) is 36.3. The van der Waals surface area contributed by atoms with Crippen LogP contribution in [-0.4, -0.2) is 4.98 Å². The van der Waals surface area contributed by atoms with Crippen molar-refractivity contribution >= 4 is 64.0 Å². The summed E-state index contributed by atoms with van der Waals surface area (Å²) < 4.78 is 2.61. The maximum absolute atomic E-state index is 5.34. The summed E-state index contributed by atoms with van der Waals surface area (Å²) in [5.74, 6) is 0. The standard InChI is InChI=1S/C53H33NS/c1-3-13-34(14-4-1)38-25-28-51-48(31-38)49-33-41(35-15-5-2-6-16-35)32-47(53(49)55-51)39-19-11-17-36(29-39)37-18-12-20-40(30-37)50-27-26-46-44-23-8-7-21-42(44)43-22-9-10-24-45(43)52(46)54-50/h1-33H. The van der Waals surface area contributed by atoms with Crippen LogP contribution in [0.3, 0.4) is 0 Å². The van der Waals surface area contributed by atoms with Crippen molar-refractivity contribution in [2.45, 2.75) is 0 Å². The lowest BCUT2D eigenvalue weighted by molar-refractivity contribution is 1.41. The SMILES string of the molecule is c1ccc(-c2ccc3sc4c(-c5cccc(-c6cccc(-c7ccc8c9ccccc9c9ccccc9c8n7)c6)c5)cc(-c5ccccc5)cc4c3c2)cc1. The van der Waals surface area contributed by atoms with Crippen LogP contribution in [0.4, 0.5) is 0 Å². The molecule has 0 atom stereocenters. The smallest absolute Gasteiger partial charge is 0.0794 e. The molecule has 0 aliphatic rings. The summed E-state index contributed by atoms with van der Waals surface area (Å²) >= 11 is 1.89. The second-order valence-corrected chi connectivity index (χ2v) is 15.3. The Morgan fingerprint density at radius 3 is 1.51 bits per heavy atom. The summed E-state index contributed by atoms with van der Waals surface area (Å²) in [7, 11) is 0. The predicted molar refractivity (Wildman–Crippen MR) is 237 cm³/mol. The van der Waals surface area contributed by atoms with Crippen molar-refractivity contribution < 1.29 is 0 Å². The van der Waals surface area contributed by atoms with Gasteiger partial charge in [0.15, 0.2) is 0 Å². The summed E-state index contributed by atoms with van der Waals surface area (Å²) in [5.41, 5.74) is 12.9. The Bertz CT molecular complexity index is 3210. The van der Waals surface area contributed by atoms with Crippen molar-refractivity contribution in [3.05, 3.63) is 200 Å². The highest BCUT2D eigenvalue weighted by Crippen LogP contribution is 2.45. The Hall–Kier alpha value is -6.87. The second-order valence-electron chi connectivity index (χ2n) is 14.3. The van der Waals surface area contributed by atoms with Crippen molar-refractivity contribution in [2.75, 3.05) is 0 Å². The Balaban J connectivity index is 1.04. The second kappa shape index (κ2) is 12.9. The summed E-state index contributed by atoms with van der Waals surface area (Å²) in [4.78, 5) is 5.34. The van der Waals surface area contributed by atoms with E-state index in [4.69, 9.17) is 4.98 Å². The van der Waals surface area contributed by atoms with Crippen LogP contribution in [0.2, 0.25) is 0 Å². The number of hydrogen-bond acceptors (Lipinski definition) is 2. The first kappa shape index (κ1) is 31.6. The first-order valence-electron chi connectivity index (χ1n) is 18.8. The minimum absolute atomic E-state index is 0.975. The lowest BCUT2D eigenvalue weighted by Crippen LogP contribution is -1.90. The van der Waals surface area contributed by atoms with Crippen LogP contribution in [0, 0.1) is 0 Å². The van der Waals surface area contributed by atoms with E-state index in [-0.39, 0.29) is 0 Å². The molecule has 0 fully saturated rings. The van der Waals surface area contributed by atoms with Gasteiger partial charge in [-0.05, 0) is 104 Å². The van der Waals surface area contributed by atoms with Gasteiger partial charge in [0.05, 0.1) is 11.2 Å². The van der Waals surface area contributed by atoms with Crippen LogP contribution < -0.4 is 0 Å². The molecule has 0 aliphatic heterocycles. The van der Waals surface area contributed by atoms with Gasteiger partial charge < -0.3 is 0 Å². The van der Waals surface area contributed by atoms with E-state index in [1.807, 2.05) is 11.3 Å². The van der Waals surface area contributed by atoms with E-state index in [1.165, 1.54) is 91.6 Å². The van der Waals surface area contributed by atoms with Crippen LogP contribution in [0.15, 0.2) is 200 Å². The van der Waals surface area contributed by atoms with E-state index < -0.39 is 0 Å². The molecule has 55 heavy (non-hydrogen) atoms. The molecule has 9 aromatic carbocycles. The van der Waals surface area contributed by atoms with E-state index in [2.05, 4.69) is 200 Å². The third kappa shape index (κ3) is 5.42. The molecular weight excluding hydrogens is 683 g/mol. The Morgan fingerprint density at radius 1 is 0.291 bits per heavy atom. The number of thiophene rings is 1. The monoisotopic (exact) mass is 715 g/mol. The minimum atomic E-state index is 0.975. The zero-order valence-corrected chi connectivity index (χ0v) is 30.7. The van der Waals surface area contributed by atoms with E-state index in [1.54, 1.807) is 0 Å². The van der Waals surface area contributed by atoms with E-state index in [0.29, 0.717) is 0 Å². The maximum Gasteiger partial charge on any atom is 0.0794 e. The van der Waals surface area contributed by atoms with Gasteiger partial charge in [0.25, 0.3) is 0 Å². The number of aromatic nitrogens is 1. The molecule has 0 spiro atoms. The molecule has 0 N–H and O–H groups in total. The van der Waals surface area contributed by atoms with Gasteiger partial charge >= 0.3 is 0 Å². The molecule has 256 valence electrons. The van der Waals surface area contributed by atoms with Crippen molar-refractivity contribution in [1.82, 2.24) is 4.98 Å². The summed E-state index contributed by atoms with van der Waals surface area (Å²) in [6.45, 7) is 0. The van der Waals surface area contributed by atoms with Gasteiger partial charge in [-0.2, -0.15) is 0 Å². The molecule has 0 saturated carbocycles. The lowest BCUT2D eigenvalue weighted by Gasteiger charge is -2.12. The molecule has 0 aliphatic carbocycles. The number of fused-ring (bicyclic) bond motifs is 9. The van der Waals surface area contributed by atoms with Gasteiger partial charge in [-0.25, -0.2) is 4.98 Å². The Labute approximate surface area is 323 Å². The molecule has 0 bridgehead atoms. The molecule has 0 radical (unpaired) electrons. The first-order valence-corrected chi connectivity index (χ1v) is 19.6. The van der Waals surface area contributed by atoms with Crippen LogP contribution in [0.25, 0.3) is 108 Å². The number of pyridine rings is 1. The van der Waals surface area contributed by atoms with Crippen LogP contribution >= 0.6 is 11.3 Å². The minimum Gasteiger partial charge on any atom is -0.247 e. The number of benzene rings is 9. The molecule has 11 aromatic rings. The molecular formula is C53H33NS. The van der Waals surface area contributed by atoms with Gasteiger partial charge in [0.2, 0.25) is 0 Å². The van der Waals surface area contributed by atoms with Crippen LogP contribution in [0.1, 0.15) is 0 Å². The molecule has 2 heterocycles. The first-order chi connectivity index (χ1) is 27.2. The van der Waals surface area contributed by atoms with E-state index in [9.17, 15) is 0 Å². The topological polar surface area (TPSA) is 12.9 Å². The van der Waals surface area contributed by atoms with Crippen molar-refractivity contribution in [3.8, 4) is 55.8 Å². The average Bonchev–Trinajstić information content (AvgIpc) is 3.65. The molecule has 2 aromatic heterocycles. The van der Waals surface area contributed by atoms with Gasteiger partial charge in [0.1, 0.15) is 0 Å². The predicted octanol–water partition coefficient (Wildman–Crippen LogP) is 15.2. The molecule has 0 amide bonds. The van der Waals surface area contributed by atoms with Crippen molar-refractivity contribution in [1.29, 1.82) is 0 Å². The summed E-state index contributed by atoms with van der Waals surface area (Å²) in [6.07, 6.45) is 0. The van der Waals surface area contributed by atoms with Crippen molar-refractivity contribution in [2.24, 2.45) is 0 Å². The van der Waals surface area contributed by atoms with Gasteiger partial charge in [0, 0.05) is 42.1 Å². The maximum atomic E-state index is 5.34. The Morgan fingerprint density at radius 2 is 0.800 bits per heavy atom. The number of hydrogen-bond donors (Lipinski definition) is 0. The van der Waals surface area contributed by atoms with E-state index in [0.717, 1.165) is 16.8 Å². The van der Waals surface area contributed by atoms with Gasteiger partial charge in [-0.15, -0.1) is 11.3 Å². The van der Waals surface area contributed by atoms with Crippen LogP contribution in [-0.2, 0) is 0 Å². The Kier molecular flexibility index (Phi) is 7.43. The molecule has 0 saturated heterocycles. The number of nitrogens with zero attached hydrogens (tertiary/aromatic N) is 1. The fourth-order valence-corrected chi connectivity index (χ4v) is 9.54. The van der Waals surface area contributed by atoms with Gasteiger partial charge in [-0.3, -0.25) is 0 Å². The van der Waals surface area contributed by atoms with E-state index >= 15 is 0 Å². The normalized spacial score (nSPS) is 11.6. The molecule has 1 nitrogen and oxygen atoms in total. The van der Waals surface area contributed by atoms with Crippen molar-refractivity contribution in [3.63, 3.8) is 0 Å². The fourth-order valence-electron chi connectivity index (χ4n) is 8.34. The highest BCUT2D eigenvalue weighted by molar-refractivity contribution is 7.26. The van der Waals surface area contributed by atoms with Gasteiger partial charge in [-0.1, -0.05) is 152 Å². The number of rotatable bonds is 5. The van der Waals surface area contributed by atoms with Crippen LogP contribution in [0.5, 0.6) is 0 Å².